The largest absolute Gasteiger partial charge is 0.347 e. The zero-order chi connectivity index (χ0) is 24.3. The average molecular weight is 488 g/mol. The van der Waals surface area contributed by atoms with Gasteiger partial charge in [-0.1, -0.05) is 39.0 Å². The Morgan fingerprint density at radius 2 is 1.88 bits per heavy atom. The van der Waals surface area contributed by atoms with E-state index in [1.807, 2.05) is 28.8 Å². The Morgan fingerprint density at radius 3 is 2.50 bits per heavy atom. The molecule has 0 radical (unpaired) electrons. The number of nitrogens with one attached hydrogen (secondary N) is 1. The Morgan fingerprint density at radius 1 is 1.15 bits per heavy atom. The van der Waals surface area contributed by atoms with Crippen molar-refractivity contribution < 1.29 is 17.2 Å². The van der Waals surface area contributed by atoms with Crippen molar-refractivity contribution in [2.75, 3.05) is 0 Å². The summed E-state index contributed by atoms with van der Waals surface area (Å²) in [6, 6.07) is 8.25. The van der Waals surface area contributed by atoms with Gasteiger partial charge in [-0.25, -0.2) is 21.9 Å². The highest BCUT2D eigenvalue weighted by Gasteiger charge is 2.40. The fourth-order valence-electron chi connectivity index (χ4n) is 4.64. The summed E-state index contributed by atoms with van der Waals surface area (Å²) in [6.45, 7) is 6.88. The van der Waals surface area contributed by atoms with E-state index in [0.29, 0.717) is 36.3 Å². The summed E-state index contributed by atoms with van der Waals surface area (Å²) < 4.78 is 57.8. The van der Waals surface area contributed by atoms with Gasteiger partial charge in [-0.3, -0.25) is 4.98 Å². The van der Waals surface area contributed by atoms with Gasteiger partial charge in [0.25, 0.3) is 6.43 Å². The third kappa shape index (κ3) is 4.75. The minimum absolute atomic E-state index is 0.1000. The molecule has 1 atom stereocenters. The van der Waals surface area contributed by atoms with Crippen molar-refractivity contribution in [1.82, 2.24) is 14.3 Å². The molecule has 34 heavy (non-hydrogen) atoms. The van der Waals surface area contributed by atoms with Crippen LogP contribution in [0.3, 0.4) is 0 Å². The summed E-state index contributed by atoms with van der Waals surface area (Å²) in [5.41, 5.74) is 4.12. The van der Waals surface area contributed by atoms with Gasteiger partial charge in [-0.15, -0.1) is 0 Å². The lowest BCUT2D eigenvalue weighted by molar-refractivity contribution is 0.109. The van der Waals surface area contributed by atoms with Crippen LogP contribution in [0.4, 0.5) is 8.78 Å². The first-order chi connectivity index (χ1) is 16.0. The number of hydrogen-bond acceptors (Lipinski definition) is 3. The third-order valence-corrected chi connectivity index (χ3v) is 8.46. The van der Waals surface area contributed by atoms with Gasteiger partial charge in [0.2, 0.25) is 10.0 Å². The molecule has 182 valence electrons. The van der Waals surface area contributed by atoms with E-state index in [-0.39, 0.29) is 5.41 Å². The fraction of sp³-hybridized carbons (Fsp3) is 0.500. The van der Waals surface area contributed by atoms with Crippen LogP contribution < -0.4 is 4.72 Å². The van der Waals surface area contributed by atoms with E-state index >= 15 is 0 Å². The lowest BCUT2D eigenvalue weighted by atomic mass is 9.96. The van der Waals surface area contributed by atoms with Gasteiger partial charge in [0.05, 0.1) is 10.9 Å². The SMILES string of the molecule is CC(C)(C)Cn1cc([C@H](NS(=O)(=O)C2CC2)C(F)F)c2ccc(-c3ncccc3C3CC3)cc21. The van der Waals surface area contributed by atoms with Crippen LogP contribution >= 0.6 is 0 Å². The van der Waals surface area contributed by atoms with Crippen LogP contribution in [0, 0.1) is 5.41 Å². The molecule has 0 saturated heterocycles. The maximum absolute atomic E-state index is 14.2. The number of benzene rings is 1. The number of aromatic nitrogens is 2. The number of sulfonamides is 1. The van der Waals surface area contributed by atoms with Gasteiger partial charge in [-0.2, -0.15) is 0 Å². The molecule has 2 aromatic heterocycles. The zero-order valence-electron chi connectivity index (χ0n) is 19.8. The standard InChI is InChI=1S/C26H31F2N3O2S/c1-26(2,3)15-31-14-21(24(25(27)28)30-34(32,33)18-9-10-18)20-11-8-17(13-22(20)31)23-19(16-6-7-16)5-4-12-29-23/h4-5,8,11-14,16,18,24-25,30H,6-7,9-10,15H2,1-3H3/t24-/m0/s1. The van der Waals surface area contributed by atoms with Crippen LogP contribution in [0.1, 0.15) is 69.5 Å². The van der Waals surface area contributed by atoms with Gasteiger partial charge in [0.1, 0.15) is 6.04 Å². The molecule has 5 nitrogen and oxygen atoms in total. The molecule has 2 saturated carbocycles. The maximum Gasteiger partial charge on any atom is 0.258 e. The van der Waals surface area contributed by atoms with Crippen molar-refractivity contribution >= 4 is 20.9 Å². The van der Waals surface area contributed by atoms with E-state index in [1.54, 1.807) is 12.4 Å². The predicted octanol–water partition coefficient (Wildman–Crippen LogP) is 6.01. The highest BCUT2D eigenvalue weighted by molar-refractivity contribution is 7.90. The summed E-state index contributed by atoms with van der Waals surface area (Å²) in [7, 11) is -3.78. The van der Waals surface area contributed by atoms with Crippen molar-refractivity contribution in [1.29, 1.82) is 0 Å². The monoisotopic (exact) mass is 487 g/mol. The molecule has 1 aromatic carbocycles. The van der Waals surface area contributed by atoms with Gasteiger partial charge in [0.15, 0.2) is 0 Å². The molecule has 8 heteroatoms. The zero-order valence-corrected chi connectivity index (χ0v) is 20.6. The molecule has 0 amide bonds. The molecule has 2 heterocycles. The summed E-state index contributed by atoms with van der Waals surface area (Å²) in [5, 5.41) is 0.0778. The van der Waals surface area contributed by atoms with Crippen LogP contribution in [0.25, 0.3) is 22.2 Å². The molecule has 3 aromatic rings. The second-order valence-electron chi connectivity index (χ2n) is 10.9. The Balaban J connectivity index is 1.63. The molecular weight excluding hydrogens is 456 g/mol. The van der Waals surface area contributed by atoms with Crippen LogP contribution in [0.15, 0.2) is 42.7 Å². The highest BCUT2D eigenvalue weighted by Crippen LogP contribution is 2.44. The Kier molecular flexibility index (Phi) is 5.80. The molecule has 2 aliphatic rings. The van der Waals surface area contributed by atoms with Crippen LogP contribution in [-0.4, -0.2) is 29.6 Å². The lowest BCUT2D eigenvalue weighted by Gasteiger charge is -2.20. The highest BCUT2D eigenvalue weighted by atomic mass is 32.2. The Bertz CT molecular complexity index is 1320. The number of hydrogen-bond donors (Lipinski definition) is 1. The van der Waals surface area contributed by atoms with Crippen LogP contribution in [0.5, 0.6) is 0 Å². The number of rotatable bonds is 8. The van der Waals surface area contributed by atoms with Crippen molar-refractivity contribution in [2.24, 2.45) is 5.41 Å². The van der Waals surface area contributed by atoms with Gasteiger partial charge in [0, 0.05) is 41.0 Å². The molecule has 2 fully saturated rings. The molecular formula is C26H31F2N3O2S. The second kappa shape index (κ2) is 8.41. The van der Waals surface area contributed by atoms with Crippen molar-refractivity contribution in [3.05, 3.63) is 53.9 Å². The lowest BCUT2D eigenvalue weighted by Crippen LogP contribution is -2.35. The van der Waals surface area contributed by atoms with E-state index in [1.165, 1.54) is 5.56 Å². The van der Waals surface area contributed by atoms with Gasteiger partial charge < -0.3 is 4.57 Å². The fourth-order valence-corrected chi connectivity index (χ4v) is 6.18. The number of alkyl halides is 2. The smallest absolute Gasteiger partial charge is 0.258 e. The molecule has 0 spiro atoms. The maximum atomic E-state index is 14.2. The normalized spacial score (nSPS) is 18.1. The molecule has 0 aliphatic heterocycles. The van der Waals surface area contributed by atoms with Crippen molar-refractivity contribution in [3.63, 3.8) is 0 Å². The second-order valence-corrected chi connectivity index (χ2v) is 12.9. The third-order valence-electron chi connectivity index (χ3n) is 6.53. The van der Waals surface area contributed by atoms with Gasteiger partial charge in [-0.05, 0) is 54.7 Å². The Labute approximate surface area is 199 Å². The topological polar surface area (TPSA) is 64.0 Å². The molecule has 0 bridgehead atoms. The Hall–Kier alpha value is -2.32. The van der Waals surface area contributed by atoms with Crippen molar-refractivity contribution in [3.8, 4) is 11.3 Å². The number of pyridine rings is 1. The first-order valence-corrected chi connectivity index (χ1v) is 13.5. The van der Waals surface area contributed by atoms with E-state index < -0.39 is 27.7 Å². The van der Waals surface area contributed by atoms with Crippen LogP contribution in [0.2, 0.25) is 0 Å². The van der Waals surface area contributed by atoms with Crippen LogP contribution in [-0.2, 0) is 16.6 Å². The van der Waals surface area contributed by atoms with E-state index in [0.717, 1.165) is 29.6 Å². The molecule has 0 unspecified atom stereocenters. The minimum Gasteiger partial charge on any atom is -0.347 e. The number of nitrogens with zero attached hydrogens (tertiary/aromatic N) is 2. The van der Waals surface area contributed by atoms with Crippen molar-refractivity contribution in [2.45, 2.75) is 76.6 Å². The van der Waals surface area contributed by atoms with E-state index in [9.17, 15) is 17.2 Å². The first kappa shape index (κ1) is 23.4. The van der Waals surface area contributed by atoms with E-state index in [2.05, 4.69) is 36.5 Å². The average Bonchev–Trinajstić information content (AvgIpc) is 3.67. The summed E-state index contributed by atoms with van der Waals surface area (Å²) in [4.78, 5) is 4.65. The number of fused-ring (bicyclic) bond motifs is 1. The summed E-state index contributed by atoms with van der Waals surface area (Å²) in [6.07, 6.45) is 3.98. The summed E-state index contributed by atoms with van der Waals surface area (Å²) in [5.74, 6) is 0.524. The minimum atomic E-state index is -3.78. The molecule has 1 N–H and O–H groups in total. The predicted molar refractivity (Wildman–Crippen MR) is 130 cm³/mol. The summed E-state index contributed by atoms with van der Waals surface area (Å²) >= 11 is 0. The van der Waals surface area contributed by atoms with Gasteiger partial charge >= 0.3 is 0 Å². The molecule has 5 rings (SSSR count). The first-order valence-electron chi connectivity index (χ1n) is 11.9. The number of halogens is 2. The quantitative estimate of drug-likeness (QED) is 0.423. The van der Waals surface area contributed by atoms with E-state index in [4.69, 9.17) is 0 Å². The molecule has 2 aliphatic carbocycles.